The first-order chi connectivity index (χ1) is 11.2. The van der Waals surface area contributed by atoms with Crippen LogP contribution in [0.4, 0.5) is 0 Å². The molecule has 1 aromatic carbocycles. The van der Waals surface area contributed by atoms with Crippen LogP contribution in [0.25, 0.3) is 0 Å². The highest BCUT2D eigenvalue weighted by atomic mass is 28.4. The van der Waals surface area contributed by atoms with Crippen molar-refractivity contribution in [2.45, 2.75) is 71.4 Å². The molecule has 0 bridgehead atoms. The molecule has 1 aromatic rings. The van der Waals surface area contributed by atoms with Gasteiger partial charge in [-0.2, -0.15) is 0 Å². The molecule has 3 nitrogen and oxygen atoms in total. The molecule has 0 heterocycles. The van der Waals surface area contributed by atoms with Crippen LogP contribution in [0, 0.1) is 5.92 Å². The maximum atomic E-state index is 9.17. The van der Waals surface area contributed by atoms with E-state index in [9.17, 15) is 5.11 Å². The standard InChI is InChI=1S/C20H36O3Si/c1-17(12-13-21)14-19(23-24(5,6)20(2,3)4)16-22-15-18-10-8-7-9-11-18/h7-11,17,19,21H,12-16H2,1-6H3/t17-,19-/m1/s1. The van der Waals surface area contributed by atoms with Crippen LogP contribution in [-0.2, 0) is 15.8 Å². The molecule has 0 unspecified atom stereocenters. The first-order valence-electron chi connectivity index (χ1n) is 9.06. The molecule has 138 valence electrons. The molecular formula is C20H36O3Si. The van der Waals surface area contributed by atoms with E-state index in [0.717, 1.165) is 12.8 Å². The largest absolute Gasteiger partial charge is 0.412 e. The zero-order valence-corrected chi connectivity index (χ0v) is 17.3. The molecule has 0 amide bonds. The van der Waals surface area contributed by atoms with Crippen molar-refractivity contribution >= 4 is 8.32 Å². The van der Waals surface area contributed by atoms with Crippen LogP contribution in [0.5, 0.6) is 0 Å². The lowest BCUT2D eigenvalue weighted by Gasteiger charge is -2.39. The number of aliphatic hydroxyl groups is 1. The summed E-state index contributed by atoms with van der Waals surface area (Å²) in [6, 6.07) is 10.2. The Hall–Kier alpha value is -0.683. The average molecular weight is 353 g/mol. The Balaban J connectivity index is 2.63. The maximum absolute atomic E-state index is 9.17. The number of hydrogen-bond acceptors (Lipinski definition) is 3. The summed E-state index contributed by atoms with van der Waals surface area (Å²) >= 11 is 0. The molecule has 0 aliphatic heterocycles. The Morgan fingerprint density at radius 2 is 1.75 bits per heavy atom. The second-order valence-corrected chi connectivity index (χ2v) is 13.1. The fraction of sp³-hybridized carbons (Fsp3) is 0.700. The van der Waals surface area contributed by atoms with Gasteiger partial charge in [-0.25, -0.2) is 0 Å². The van der Waals surface area contributed by atoms with Crippen LogP contribution in [0.1, 0.15) is 46.1 Å². The molecule has 0 saturated heterocycles. The zero-order chi connectivity index (χ0) is 18.2. The quantitative estimate of drug-likeness (QED) is 0.602. The molecule has 0 saturated carbocycles. The highest BCUT2D eigenvalue weighted by Gasteiger charge is 2.39. The minimum Gasteiger partial charge on any atom is -0.412 e. The first kappa shape index (κ1) is 21.4. The summed E-state index contributed by atoms with van der Waals surface area (Å²) in [5.41, 5.74) is 1.19. The van der Waals surface area contributed by atoms with Crippen LogP contribution in [0.15, 0.2) is 30.3 Å². The van der Waals surface area contributed by atoms with E-state index in [1.807, 2.05) is 18.2 Å². The molecule has 24 heavy (non-hydrogen) atoms. The molecule has 0 aliphatic carbocycles. The van der Waals surface area contributed by atoms with Gasteiger partial charge in [-0.15, -0.1) is 0 Å². The van der Waals surface area contributed by atoms with E-state index in [4.69, 9.17) is 9.16 Å². The smallest absolute Gasteiger partial charge is 0.192 e. The summed E-state index contributed by atoms with van der Waals surface area (Å²) < 4.78 is 12.5. The summed E-state index contributed by atoms with van der Waals surface area (Å²) in [5, 5.41) is 9.36. The SMILES string of the molecule is C[C@H](CCO)C[C@H](COCc1ccccc1)O[Si](C)(C)C(C)(C)C. The Bertz CT molecular complexity index is 454. The van der Waals surface area contributed by atoms with E-state index in [0.29, 0.717) is 19.1 Å². The predicted molar refractivity (Wildman–Crippen MR) is 104 cm³/mol. The van der Waals surface area contributed by atoms with Gasteiger partial charge in [-0.05, 0) is 42.5 Å². The Morgan fingerprint density at radius 1 is 1.12 bits per heavy atom. The Labute approximate surface area is 149 Å². The van der Waals surface area contributed by atoms with Gasteiger partial charge < -0.3 is 14.3 Å². The fourth-order valence-corrected chi connectivity index (χ4v) is 3.76. The molecule has 0 fully saturated rings. The van der Waals surface area contributed by atoms with E-state index < -0.39 is 8.32 Å². The van der Waals surface area contributed by atoms with Gasteiger partial charge in [0.1, 0.15) is 0 Å². The van der Waals surface area contributed by atoms with Crippen molar-refractivity contribution in [3.8, 4) is 0 Å². The summed E-state index contributed by atoms with van der Waals surface area (Å²) in [7, 11) is -1.83. The second kappa shape index (κ2) is 9.71. The molecule has 2 atom stereocenters. The average Bonchev–Trinajstić information content (AvgIpc) is 2.47. The summed E-state index contributed by atoms with van der Waals surface area (Å²) in [6.45, 7) is 15.0. The third-order valence-electron chi connectivity index (χ3n) is 4.97. The molecular weight excluding hydrogens is 316 g/mol. The topological polar surface area (TPSA) is 38.7 Å². The van der Waals surface area contributed by atoms with Crippen molar-refractivity contribution in [1.29, 1.82) is 0 Å². The Morgan fingerprint density at radius 3 is 2.29 bits per heavy atom. The van der Waals surface area contributed by atoms with Crippen molar-refractivity contribution in [2.24, 2.45) is 5.92 Å². The van der Waals surface area contributed by atoms with Crippen molar-refractivity contribution in [3.05, 3.63) is 35.9 Å². The van der Waals surface area contributed by atoms with Crippen molar-refractivity contribution in [3.63, 3.8) is 0 Å². The zero-order valence-electron chi connectivity index (χ0n) is 16.3. The minimum absolute atomic E-state index is 0.0937. The summed E-state index contributed by atoms with van der Waals surface area (Å²) in [4.78, 5) is 0. The normalized spacial score (nSPS) is 15.3. The van der Waals surface area contributed by atoms with Crippen molar-refractivity contribution < 1.29 is 14.3 Å². The van der Waals surface area contributed by atoms with Gasteiger partial charge in [-0.1, -0.05) is 58.0 Å². The van der Waals surface area contributed by atoms with Crippen LogP contribution in [-0.4, -0.2) is 32.7 Å². The number of aliphatic hydroxyl groups excluding tert-OH is 1. The molecule has 1 N–H and O–H groups in total. The van der Waals surface area contributed by atoms with Crippen molar-refractivity contribution in [2.75, 3.05) is 13.2 Å². The third-order valence-corrected chi connectivity index (χ3v) is 9.50. The summed E-state index contributed by atoms with van der Waals surface area (Å²) in [6.07, 6.45) is 1.84. The molecule has 0 aromatic heterocycles. The van der Waals surface area contributed by atoms with E-state index in [1.54, 1.807) is 0 Å². The Kier molecular flexibility index (Phi) is 8.64. The number of hydrogen-bond donors (Lipinski definition) is 1. The number of ether oxygens (including phenoxy) is 1. The third kappa shape index (κ3) is 7.47. The molecule has 0 aliphatic rings. The van der Waals surface area contributed by atoms with Crippen LogP contribution < -0.4 is 0 Å². The molecule has 0 radical (unpaired) electrons. The molecule has 1 rings (SSSR count). The van der Waals surface area contributed by atoms with E-state index in [2.05, 4.69) is 52.9 Å². The van der Waals surface area contributed by atoms with Crippen molar-refractivity contribution in [1.82, 2.24) is 0 Å². The minimum atomic E-state index is -1.83. The summed E-state index contributed by atoms with van der Waals surface area (Å²) in [5.74, 6) is 0.435. The monoisotopic (exact) mass is 352 g/mol. The van der Waals surface area contributed by atoms with E-state index >= 15 is 0 Å². The maximum Gasteiger partial charge on any atom is 0.192 e. The highest BCUT2D eigenvalue weighted by molar-refractivity contribution is 6.74. The van der Waals surface area contributed by atoms with E-state index in [1.165, 1.54) is 5.56 Å². The predicted octanol–water partition coefficient (Wildman–Crippen LogP) is 5.00. The van der Waals surface area contributed by atoms with Gasteiger partial charge in [0.2, 0.25) is 0 Å². The molecule has 4 heteroatoms. The van der Waals surface area contributed by atoms with Gasteiger partial charge in [0, 0.05) is 6.61 Å². The van der Waals surface area contributed by atoms with Crippen LogP contribution in [0.3, 0.4) is 0 Å². The van der Waals surface area contributed by atoms with Gasteiger partial charge in [0.05, 0.1) is 19.3 Å². The number of benzene rings is 1. The lowest BCUT2D eigenvalue weighted by Crippen LogP contribution is -2.45. The lowest BCUT2D eigenvalue weighted by atomic mass is 10.0. The van der Waals surface area contributed by atoms with Gasteiger partial charge in [-0.3, -0.25) is 0 Å². The van der Waals surface area contributed by atoms with Gasteiger partial charge in [0.15, 0.2) is 8.32 Å². The highest BCUT2D eigenvalue weighted by Crippen LogP contribution is 2.38. The van der Waals surface area contributed by atoms with Gasteiger partial charge >= 0.3 is 0 Å². The fourth-order valence-electron chi connectivity index (χ4n) is 2.41. The molecule has 0 spiro atoms. The second-order valence-electron chi connectivity index (χ2n) is 8.35. The first-order valence-corrected chi connectivity index (χ1v) is 12.0. The van der Waals surface area contributed by atoms with Crippen LogP contribution in [0.2, 0.25) is 18.1 Å². The van der Waals surface area contributed by atoms with Gasteiger partial charge in [0.25, 0.3) is 0 Å². The van der Waals surface area contributed by atoms with Crippen LogP contribution >= 0.6 is 0 Å². The van der Waals surface area contributed by atoms with E-state index in [-0.39, 0.29) is 17.7 Å². The lowest BCUT2D eigenvalue weighted by molar-refractivity contribution is 0.0223. The number of rotatable bonds is 10.